The summed E-state index contributed by atoms with van der Waals surface area (Å²) in [5.74, 6) is 0.755. The van der Waals surface area contributed by atoms with Gasteiger partial charge in [0, 0.05) is 12.2 Å². The van der Waals surface area contributed by atoms with E-state index in [-0.39, 0.29) is 11.9 Å². The van der Waals surface area contributed by atoms with Crippen molar-refractivity contribution in [3.8, 4) is 5.75 Å². The molecule has 1 saturated carbocycles. The highest BCUT2D eigenvalue weighted by Crippen LogP contribution is 2.49. The summed E-state index contributed by atoms with van der Waals surface area (Å²) in [6.07, 6.45) is 4.98. The van der Waals surface area contributed by atoms with Crippen molar-refractivity contribution in [1.29, 1.82) is 0 Å². The summed E-state index contributed by atoms with van der Waals surface area (Å²) in [6.45, 7) is 2.84. The van der Waals surface area contributed by atoms with E-state index >= 15 is 0 Å². The molecule has 32 heavy (non-hydrogen) atoms. The van der Waals surface area contributed by atoms with Crippen LogP contribution in [0.2, 0.25) is 0 Å². The van der Waals surface area contributed by atoms with Crippen molar-refractivity contribution in [1.82, 2.24) is 10.2 Å². The van der Waals surface area contributed by atoms with Crippen molar-refractivity contribution in [2.45, 2.75) is 37.1 Å². The molecule has 2 aromatic rings. The lowest BCUT2D eigenvalue weighted by atomic mass is 9.93. The van der Waals surface area contributed by atoms with Crippen LogP contribution >= 0.6 is 0 Å². The lowest BCUT2D eigenvalue weighted by Crippen LogP contribution is -2.42. The maximum atomic E-state index is 13.5. The molecule has 4 rings (SSSR count). The summed E-state index contributed by atoms with van der Waals surface area (Å²) in [6, 6.07) is 14.9. The molecule has 1 amide bonds. The van der Waals surface area contributed by atoms with Crippen LogP contribution in [0, 0.1) is 0 Å². The average Bonchev–Trinajstić information content (AvgIpc) is 3.42. The van der Waals surface area contributed by atoms with E-state index in [1.165, 1.54) is 12.8 Å². The quantitative estimate of drug-likeness (QED) is 0.604. The number of nitrogens with one attached hydrogen (secondary N) is 2. The van der Waals surface area contributed by atoms with Gasteiger partial charge in [0.2, 0.25) is 15.9 Å². The number of likely N-dealkylation sites (tertiary alicyclic amines) is 1. The third-order valence-electron chi connectivity index (χ3n) is 6.34. The highest BCUT2D eigenvalue weighted by molar-refractivity contribution is 7.92. The van der Waals surface area contributed by atoms with Gasteiger partial charge in [-0.05, 0) is 74.2 Å². The van der Waals surface area contributed by atoms with Gasteiger partial charge in [-0.25, -0.2) is 8.42 Å². The fourth-order valence-corrected chi connectivity index (χ4v) is 5.03. The second kappa shape index (κ2) is 9.11. The van der Waals surface area contributed by atoms with Crippen molar-refractivity contribution >= 4 is 21.6 Å². The number of methoxy groups -OCH3 is 1. The Hall–Kier alpha value is -2.58. The summed E-state index contributed by atoms with van der Waals surface area (Å²) < 4.78 is 31.2. The van der Waals surface area contributed by atoms with Crippen LogP contribution in [0.3, 0.4) is 0 Å². The molecule has 1 saturated heterocycles. The zero-order chi connectivity index (χ0) is 22.8. The monoisotopic (exact) mass is 457 g/mol. The molecule has 0 spiro atoms. The lowest BCUT2D eigenvalue weighted by molar-refractivity contribution is -0.124. The molecular formula is C24H31N3O4S. The van der Waals surface area contributed by atoms with Crippen LogP contribution in [-0.2, 0) is 20.2 Å². The van der Waals surface area contributed by atoms with Gasteiger partial charge >= 0.3 is 0 Å². The van der Waals surface area contributed by atoms with Crippen molar-refractivity contribution in [3.05, 3.63) is 59.7 Å². The van der Waals surface area contributed by atoms with Crippen LogP contribution in [0.4, 0.5) is 5.69 Å². The molecule has 2 fully saturated rings. The van der Waals surface area contributed by atoms with Crippen molar-refractivity contribution in [3.63, 3.8) is 0 Å². The smallest absolute Gasteiger partial charge is 0.231 e. The third-order valence-corrected chi connectivity index (χ3v) is 6.95. The van der Waals surface area contributed by atoms with Crippen LogP contribution in [0.5, 0.6) is 5.75 Å². The topological polar surface area (TPSA) is 87.7 Å². The highest BCUT2D eigenvalue weighted by atomic mass is 32.2. The van der Waals surface area contributed by atoms with Gasteiger partial charge in [0.25, 0.3) is 0 Å². The third kappa shape index (κ3) is 5.24. The zero-order valence-corrected chi connectivity index (χ0v) is 19.5. The molecule has 172 valence electrons. The number of benzene rings is 2. The second-order valence-electron chi connectivity index (χ2n) is 8.85. The molecule has 2 N–H and O–H groups in total. The largest absolute Gasteiger partial charge is 0.497 e. The Kier molecular flexibility index (Phi) is 6.44. The van der Waals surface area contributed by atoms with Crippen LogP contribution in [0.25, 0.3) is 0 Å². The van der Waals surface area contributed by atoms with Gasteiger partial charge in [-0.1, -0.05) is 24.3 Å². The van der Waals surface area contributed by atoms with Gasteiger partial charge in [0.1, 0.15) is 5.75 Å². The first kappa shape index (κ1) is 22.6. The van der Waals surface area contributed by atoms with E-state index in [4.69, 9.17) is 4.74 Å². The van der Waals surface area contributed by atoms with E-state index in [2.05, 4.69) is 14.9 Å². The molecule has 0 bridgehead atoms. The molecule has 1 aliphatic carbocycles. The molecule has 1 aliphatic heterocycles. The Morgan fingerprint density at radius 1 is 1.12 bits per heavy atom. The van der Waals surface area contributed by atoms with Crippen LogP contribution in [0.1, 0.15) is 42.9 Å². The first-order chi connectivity index (χ1) is 15.3. The summed E-state index contributed by atoms with van der Waals surface area (Å²) >= 11 is 0. The number of nitrogens with zero attached hydrogens (tertiary/aromatic N) is 1. The van der Waals surface area contributed by atoms with Gasteiger partial charge in [0.15, 0.2) is 0 Å². The highest BCUT2D eigenvalue weighted by Gasteiger charge is 2.51. The van der Waals surface area contributed by atoms with Crippen molar-refractivity contribution < 1.29 is 17.9 Å². The number of amides is 1. The van der Waals surface area contributed by atoms with Gasteiger partial charge < -0.3 is 15.0 Å². The standard InChI is InChI=1S/C24H31N3O4S/c1-31-21-10-5-7-18(15-21)22(17-27-13-3-4-14-27)25-23(28)24(11-12-24)19-8-6-9-20(16-19)26-32(2,29)30/h5-10,15-16,22,26H,3-4,11-14,17H2,1-2H3,(H,25,28)/t22-/m0/s1. The number of hydrogen-bond acceptors (Lipinski definition) is 5. The Morgan fingerprint density at radius 2 is 1.84 bits per heavy atom. The van der Waals surface area contributed by atoms with E-state index in [1.54, 1.807) is 25.3 Å². The molecule has 2 aromatic carbocycles. The first-order valence-electron chi connectivity index (χ1n) is 11.0. The zero-order valence-electron chi connectivity index (χ0n) is 18.6. The number of rotatable bonds is 9. The number of ether oxygens (including phenoxy) is 1. The number of hydrogen-bond donors (Lipinski definition) is 2. The molecule has 0 unspecified atom stereocenters. The maximum Gasteiger partial charge on any atom is 0.231 e. The van der Waals surface area contributed by atoms with Crippen molar-refractivity contribution in [2.75, 3.05) is 37.7 Å². The van der Waals surface area contributed by atoms with Gasteiger partial charge in [0.05, 0.1) is 24.8 Å². The fourth-order valence-electron chi connectivity index (χ4n) is 4.48. The SMILES string of the molecule is COc1cccc([C@H](CN2CCCC2)NC(=O)C2(c3cccc(NS(C)(=O)=O)c3)CC2)c1. The fraction of sp³-hybridized carbons (Fsp3) is 0.458. The molecular weight excluding hydrogens is 426 g/mol. The second-order valence-corrected chi connectivity index (χ2v) is 10.6. The Bertz CT molecular complexity index is 1080. The predicted molar refractivity (Wildman–Crippen MR) is 125 cm³/mol. The van der Waals surface area contributed by atoms with Crippen LogP contribution < -0.4 is 14.8 Å². The number of sulfonamides is 1. The molecule has 2 aliphatic rings. The minimum absolute atomic E-state index is 0.0129. The Balaban J connectivity index is 1.56. The first-order valence-corrected chi connectivity index (χ1v) is 12.9. The summed E-state index contributed by atoms with van der Waals surface area (Å²) in [5, 5.41) is 3.31. The van der Waals surface area contributed by atoms with Gasteiger partial charge in [-0.2, -0.15) is 0 Å². The van der Waals surface area contributed by atoms with E-state index in [0.29, 0.717) is 5.69 Å². The summed E-state index contributed by atoms with van der Waals surface area (Å²) in [4.78, 5) is 15.9. The molecule has 7 nitrogen and oxygen atoms in total. The molecule has 0 aromatic heterocycles. The van der Waals surface area contributed by atoms with Crippen LogP contribution in [-0.4, -0.2) is 52.2 Å². The van der Waals surface area contributed by atoms with Gasteiger partial charge in [-0.15, -0.1) is 0 Å². The van der Waals surface area contributed by atoms with Gasteiger partial charge in [-0.3, -0.25) is 9.52 Å². The number of carbonyl (C=O) groups excluding carboxylic acids is 1. The van der Waals surface area contributed by atoms with E-state index in [9.17, 15) is 13.2 Å². The Labute approximate surface area is 190 Å². The maximum absolute atomic E-state index is 13.5. The molecule has 1 atom stereocenters. The minimum Gasteiger partial charge on any atom is -0.497 e. The molecule has 1 heterocycles. The van der Waals surface area contributed by atoms with E-state index < -0.39 is 15.4 Å². The minimum atomic E-state index is -3.38. The normalized spacial score (nSPS) is 18.7. The summed E-state index contributed by atoms with van der Waals surface area (Å²) in [7, 11) is -1.74. The molecule has 8 heteroatoms. The van der Waals surface area contributed by atoms with E-state index in [1.807, 2.05) is 30.3 Å². The van der Waals surface area contributed by atoms with Crippen molar-refractivity contribution in [2.24, 2.45) is 0 Å². The van der Waals surface area contributed by atoms with Crippen LogP contribution in [0.15, 0.2) is 48.5 Å². The number of carbonyl (C=O) groups is 1. The Morgan fingerprint density at radius 3 is 2.50 bits per heavy atom. The average molecular weight is 458 g/mol. The summed E-state index contributed by atoms with van der Waals surface area (Å²) in [5.41, 5.74) is 1.73. The lowest BCUT2D eigenvalue weighted by Gasteiger charge is -2.27. The molecule has 0 radical (unpaired) electrons. The van der Waals surface area contributed by atoms with E-state index in [0.717, 1.165) is 55.6 Å². The predicted octanol–water partition coefficient (Wildman–Crippen LogP) is 3.05. The number of anilines is 1.